The van der Waals surface area contributed by atoms with Crippen molar-refractivity contribution < 1.29 is 0 Å². The lowest BCUT2D eigenvalue weighted by molar-refractivity contribution is 0.640. The van der Waals surface area contributed by atoms with E-state index in [1.165, 1.54) is 33.4 Å². The smallest absolute Gasteiger partial charge is 0.0469 e. The van der Waals surface area contributed by atoms with Gasteiger partial charge in [-0.15, -0.1) is 0 Å². The third-order valence-electron chi connectivity index (χ3n) is 10.1. The van der Waals surface area contributed by atoms with E-state index < -0.39 is 0 Å². The molecule has 0 amide bonds. The molecule has 0 fully saturated rings. The van der Waals surface area contributed by atoms with Gasteiger partial charge in [0.1, 0.15) is 0 Å². The molecule has 0 saturated carbocycles. The zero-order chi connectivity index (χ0) is 33.0. The fraction of sp³-hybridized carbons (Fsp3) is 0.156. The summed E-state index contributed by atoms with van der Waals surface area (Å²) in [7, 11) is 0. The van der Waals surface area contributed by atoms with E-state index in [0.717, 1.165) is 67.2 Å². The number of rotatable bonds is 7. The summed E-state index contributed by atoms with van der Waals surface area (Å²) in [5.41, 5.74) is 9.83. The van der Waals surface area contributed by atoms with Crippen LogP contribution in [0.5, 0.6) is 0 Å². The standard InChI is InChI=1S/C45H42N2/c1-9-34-11-16-37(17-12-34)45(7,8)38-18-13-35(14-19-38)27-36-15-25-42-31(4)47(33(6)44(42)28-36)40-22-20-39(21-23-40)46-30(3)41-24-10-29(2)26-43(41)32(46)5/h10-26,28H,3-6,9,27H2,1-2,7-8H3. The summed E-state index contributed by atoms with van der Waals surface area (Å²) < 4.78 is 4.30. The Morgan fingerprint density at radius 1 is 0.489 bits per heavy atom. The van der Waals surface area contributed by atoms with Crippen LogP contribution in [-0.2, 0) is 18.3 Å². The molecule has 0 bridgehead atoms. The largest absolute Gasteiger partial charge is 0.310 e. The summed E-state index contributed by atoms with van der Waals surface area (Å²) in [4.78, 5) is 0. The second kappa shape index (κ2) is 11.5. The Morgan fingerprint density at radius 3 is 1.43 bits per heavy atom. The van der Waals surface area contributed by atoms with Crippen molar-refractivity contribution in [3.8, 4) is 11.4 Å². The van der Waals surface area contributed by atoms with E-state index >= 15 is 0 Å². The van der Waals surface area contributed by atoms with E-state index in [1.807, 2.05) is 0 Å². The van der Waals surface area contributed by atoms with Gasteiger partial charge in [0.2, 0.25) is 0 Å². The van der Waals surface area contributed by atoms with E-state index in [-0.39, 0.29) is 5.41 Å². The highest BCUT2D eigenvalue weighted by molar-refractivity contribution is 5.86. The Morgan fingerprint density at radius 2 is 0.915 bits per heavy atom. The minimum atomic E-state index is -0.0569. The van der Waals surface area contributed by atoms with Crippen LogP contribution in [0, 0.1) is 6.92 Å². The maximum Gasteiger partial charge on any atom is 0.0469 e. The molecule has 232 valence electrons. The SMILES string of the molecule is C=c1c2ccc(C)cc2c(=C)n1-c1ccc(-n2c(=C)c3ccc(Cc4ccc(C(C)(C)c5ccc(CC)cc5)cc4)cc3c2=C)cc1. The van der Waals surface area contributed by atoms with Crippen LogP contribution in [0.3, 0.4) is 0 Å². The first kappa shape index (κ1) is 30.3. The molecule has 0 unspecified atom stereocenters. The number of nitrogens with zero attached hydrogens (tertiary/aromatic N) is 2. The average molecular weight is 611 g/mol. The number of hydrogen-bond donors (Lipinski definition) is 0. The fourth-order valence-corrected chi connectivity index (χ4v) is 7.12. The van der Waals surface area contributed by atoms with Crippen molar-refractivity contribution in [3.05, 3.63) is 164 Å². The van der Waals surface area contributed by atoms with Crippen LogP contribution < -0.4 is 21.4 Å². The van der Waals surface area contributed by atoms with E-state index in [9.17, 15) is 0 Å². The quantitative estimate of drug-likeness (QED) is 0.173. The van der Waals surface area contributed by atoms with Gasteiger partial charge in [0, 0.05) is 59.7 Å². The van der Waals surface area contributed by atoms with Gasteiger partial charge in [0.25, 0.3) is 0 Å². The van der Waals surface area contributed by atoms with E-state index in [1.54, 1.807) is 0 Å². The molecule has 2 heterocycles. The van der Waals surface area contributed by atoms with Crippen LogP contribution >= 0.6 is 0 Å². The molecule has 0 spiro atoms. The van der Waals surface area contributed by atoms with Crippen LogP contribution in [0.25, 0.3) is 59.2 Å². The van der Waals surface area contributed by atoms with Crippen molar-refractivity contribution in [2.24, 2.45) is 0 Å². The lowest BCUT2D eigenvalue weighted by atomic mass is 9.77. The molecule has 47 heavy (non-hydrogen) atoms. The highest BCUT2D eigenvalue weighted by Gasteiger charge is 2.23. The predicted molar refractivity (Wildman–Crippen MR) is 203 cm³/mol. The molecular weight excluding hydrogens is 569 g/mol. The third-order valence-corrected chi connectivity index (χ3v) is 10.1. The van der Waals surface area contributed by atoms with Crippen LogP contribution in [0.4, 0.5) is 0 Å². The van der Waals surface area contributed by atoms with Crippen molar-refractivity contribution in [2.45, 2.75) is 46.0 Å². The van der Waals surface area contributed by atoms with Crippen molar-refractivity contribution in [1.82, 2.24) is 9.13 Å². The van der Waals surface area contributed by atoms with Gasteiger partial charge in [-0.25, -0.2) is 0 Å². The van der Waals surface area contributed by atoms with E-state index in [0.29, 0.717) is 0 Å². The van der Waals surface area contributed by atoms with E-state index in [4.69, 9.17) is 0 Å². The molecule has 2 nitrogen and oxygen atoms in total. The van der Waals surface area contributed by atoms with Gasteiger partial charge in [-0.3, -0.25) is 0 Å². The molecule has 2 heteroatoms. The van der Waals surface area contributed by atoms with Gasteiger partial charge in [-0.2, -0.15) is 0 Å². The Kier molecular flexibility index (Phi) is 7.40. The van der Waals surface area contributed by atoms with Gasteiger partial charge < -0.3 is 9.13 Å². The summed E-state index contributed by atoms with van der Waals surface area (Å²) in [6.07, 6.45) is 1.92. The van der Waals surface area contributed by atoms with Crippen LogP contribution in [0.2, 0.25) is 0 Å². The lowest BCUT2D eigenvalue weighted by Crippen LogP contribution is -2.24. The number of aryl methyl sites for hydroxylation is 2. The molecule has 0 atom stereocenters. The van der Waals surface area contributed by atoms with Gasteiger partial charge in [-0.1, -0.05) is 125 Å². The Labute approximate surface area is 277 Å². The molecule has 0 aliphatic rings. The summed E-state index contributed by atoms with van der Waals surface area (Å²) >= 11 is 0. The van der Waals surface area contributed by atoms with E-state index in [2.05, 4.69) is 172 Å². The minimum absolute atomic E-state index is 0.0569. The molecule has 0 N–H and O–H groups in total. The molecule has 7 aromatic rings. The number of hydrogen-bond acceptors (Lipinski definition) is 0. The van der Waals surface area contributed by atoms with Gasteiger partial charge in [0.05, 0.1) is 0 Å². The highest BCUT2D eigenvalue weighted by atomic mass is 15.0. The Hall–Kier alpha value is -5.34. The van der Waals surface area contributed by atoms with Gasteiger partial charge >= 0.3 is 0 Å². The Bertz CT molecular complexity index is 2490. The van der Waals surface area contributed by atoms with Crippen molar-refractivity contribution in [3.63, 3.8) is 0 Å². The van der Waals surface area contributed by atoms with Crippen molar-refractivity contribution in [2.75, 3.05) is 0 Å². The molecular formula is C45H42N2. The average Bonchev–Trinajstić information content (AvgIpc) is 3.48. The molecule has 0 aliphatic heterocycles. The van der Waals surface area contributed by atoms with Gasteiger partial charge in [0.15, 0.2) is 0 Å². The fourth-order valence-electron chi connectivity index (χ4n) is 7.12. The number of fused-ring (bicyclic) bond motifs is 2. The first-order valence-electron chi connectivity index (χ1n) is 16.5. The molecule has 0 radical (unpaired) electrons. The lowest BCUT2D eigenvalue weighted by Gasteiger charge is -2.26. The summed E-state index contributed by atoms with van der Waals surface area (Å²) in [5.74, 6) is 0. The predicted octanol–water partition coefficient (Wildman–Crippen LogP) is 8.00. The molecule has 0 saturated heterocycles. The summed E-state index contributed by atoms with van der Waals surface area (Å²) in [5, 5.41) is 8.34. The minimum Gasteiger partial charge on any atom is -0.310 e. The molecule has 5 aromatic carbocycles. The van der Waals surface area contributed by atoms with Crippen molar-refractivity contribution >= 4 is 47.9 Å². The second-order valence-corrected chi connectivity index (χ2v) is 13.5. The zero-order valence-corrected chi connectivity index (χ0v) is 28.0. The topological polar surface area (TPSA) is 9.86 Å². The van der Waals surface area contributed by atoms with Gasteiger partial charge in [-0.05, 0) is 84.0 Å². The van der Waals surface area contributed by atoms with Crippen molar-refractivity contribution in [1.29, 1.82) is 0 Å². The van der Waals surface area contributed by atoms with Crippen LogP contribution in [0.15, 0.2) is 109 Å². The Balaban J connectivity index is 1.16. The maximum absolute atomic E-state index is 4.52. The molecule has 7 rings (SSSR count). The maximum atomic E-state index is 4.52. The second-order valence-electron chi connectivity index (χ2n) is 13.5. The molecule has 0 aliphatic carbocycles. The van der Waals surface area contributed by atoms with Crippen LogP contribution in [0.1, 0.15) is 54.2 Å². The highest BCUT2D eigenvalue weighted by Crippen LogP contribution is 2.32. The first-order valence-corrected chi connectivity index (χ1v) is 16.5. The summed E-state index contributed by atoms with van der Waals surface area (Å²) in [6.45, 7) is 26.7. The monoisotopic (exact) mass is 610 g/mol. The molecule has 2 aromatic heterocycles. The number of aromatic nitrogens is 2. The summed E-state index contributed by atoms with van der Waals surface area (Å²) in [6, 6.07) is 39.8. The first-order chi connectivity index (χ1) is 22.6. The van der Waals surface area contributed by atoms with Crippen LogP contribution in [-0.4, -0.2) is 9.13 Å². The normalized spacial score (nSPS) is 11.9. The third kappa shape index (κ3) is 5.15. The number of benzene rings is 5. The zero-order valence-electron chi connectivity index (χ0n) is 28.0.